The van der Waals surface area contributed by atoms with Crippen LogP contribution in [0, 0.1) is 10.8 Å². The zero-order valence-corrected chi connectivity index (χ0v) is 11.4. The van der Waals surface area contributed by atoms with Crippen LogP contribution in [0.15, 0.2) is 38.6 Å². The molecule has 0 saturated carbocycles. The van der Waals surface area contributed by atoms with Gasteiger partial charge in [0, 0.05) is 11.8 Å². The summed E-state index contributed by atoms with van der Waals surface area (Å²) in [6.07, 6.45) is 7.35. The van der Waals surface area contributed by atoms with Gasteiger partial charge >= 0.3 is 0 Å². The molecule has 0 fully saturated rings. The van der Waals surface area contributed by atoms with E-state index in [0.717, 1.165) is 11.1 Å². The third-order valence-corrected chi connectivity index (χ3v) is 2.55. The molecule has 0 radical (unpaired) electrons. The van der Waals surface area contributed by atoms with Crippen molar-refractivity contribution in [3.8, 4) is 0 Å². The molecule has 0 aromatic rings. The normalized spacial score (nSPS) is 20.1. The molecule has 0 aromatic carbocycles. The second-order valence-corrected chi connectivity index (χ2v) is 5.10. The van der Waals surface area contributed by atoms with Crippen LogP contribution in [0.4, 0.5) is 0 Å². The molecule has 1 aliphatic rings. The minimum Gasteiger partial charge on any atom is -0.299 e. The molecule has 3 heteroatoms. The van der Waals surface area contributed by atoms with Crippen LogP contribution in [0.25, 0.3) is 0 Å². The lowest BCUT2D eigenvalue weighted by molar-refractivity contribution is 0.512. The van der Waals surface area contributed by atoms with Gasteiger partial charge in [0.1, 0.15) is 0 Å². The van der Waals surface area contributed by atoms with Crippen LogP contribution in [0.5, 0.6) is 0 Å². The van der Waals surface area contributed by atoms with Gasteiger partial charge in [-0.15, -0.1) is 0 Å². The Morgan fingerprint density at radius 2 is 2.07 bits per heavy atom. The summed E-state index contributed by atoms with van der Waals surface area (Å²) in [4.78, 5) is 4.09. The summed E-state index contributed by atoms with van der Waals surface area (Å²) in [6.45, 7) is 6.40. The summed E-state index contributed by atoms with van der Waals surface area (Å²) >= 11 is 2.17. The number of halogens is 1. The van der Waals surface area contributed by atoms with E-state index in [1.165, 1.54) is 0 Å². The Labute approximate surface area is 105 Å². The summed E-state index contributed by atoms with van der Waals surface area (Å²) < 4.78 is 1.93. The van der Waals surface area contributed by atoms with Crippen molar-refractivity contribution in [2.24, 2.45) is 10.4 Å². The number of hydrogen-bond donors (Lipinski definition) is 1. The van der Waals surface area contributed by atoms with Crippen LogP contribution in [0.1, 0.15) is 20.8 Å². The first kappa shape index (κ1) is 12.4. The van der Waals surface area contributed by atoms with Crippen molar-refractivity contribution in [2.45, 2.75) is 20.8 Å². The van der Waals surface area contributed by atoms with Gasteiger partial charge in [0.05, 0.1) is 11.9 Å². The Morgan fingerprint density at radius 1 is 1.40 bits per heavy atom. The Hall–Kier alpha value is -0.710. The van der Waals surface area contributed by atoms with Gasteiger partial charge in [0.25, 0.3) is 0 Å². The van der Waals surface area contributed by atoms with Crippen molar-refractivity contribution < 1.29 is 0 Å². The highest BCUT2D eigenvalue weighted by atomic mass is 127. The highest BCUT2D eigenvalue weighted by Gasteiger charge is 2.23. The van der Waals surface area contributed by atoms with Crippen molar-refractivity contribution in [1.82, 2.24) is 0 Å². The number of nitrogens with one attached hydrogen (secondary N) is 1. The van der Waals surface area contributed by atoms with Crippen molar-refractivity contribution >= 4 is 34.5 Å². The lowest BCUT2D eigenvalue weighted by Gasteiger charge is -2.26. The molecule has 1 rings (SSSR count). The van der Waals surface area contributed by atoms with E-state index in [1.54, 1.807) is 6.21 Å². The minimum atomic E-state index is 0.0228. The van der Waals surface area contributed by atoms with Gasteiger partial charge in [0.15, 0.2) is 0 Å². The first-order chi connectivity index (χ1) is 6.96. The van der Waals surface area contributed by atoms with E-state index in [-0.39, 0.29) is 5.41 Å². The van der Waals surface area contributed by atoms with Gasteiger partial charge in [-0.2, -0.15) is 0 Å². The lowest BCUT2D eigenvalue weighted by Crippen LogP contribution is -2.19. The third kappa shape index (κ3) is 3.12. The summed E-state index contributed by atoms with van der Waals surface area (Å²) in [7, 11) is 0. The first-order valence-corrected chi connectivity index (χ1v) is 6.01. The average Bonchev–Trinajstić information content (AvgIpc) is 2.14. The van der Waals surface area contributed by atoms with E-state index in [2.05, 4.69) is 48.4 Å². The molecule has 0 spiro atoms. The topological polar surface area (TPSA) is 36.2 Å². The van der Waals surface area contributed by atoms with E-state index in [0.29, 0.717) is 5.71 Å². The van der Waals surface area contributed by atoms with Crippen LogP contribution in [0.3, 0.4) is 0 Å². The third-order valence-electron chi connectivity index (χ3n) is 2.13. The van der Waals surface area contributed by atoms with Crippen LogP contribution in [-0.2, 0) is 0 Å². The fraction of sp³-hybridized carbons (Fsp3) is 0.333. The summed E-state index contributed by atoms with van der Waals surface area (Å²) in [5.74, 6) is 0. The first-order valence-electron chi connectivity index (χ1n) is 4.77. The van der Waals surface area contributed by atoms with Crippen molar-refractivity contribution in [3.05, 3.63) is 33.6 Å². The summed E-state index contributed by atoms with van der Waals surface area (Å²) in [5.41, 5.74) is 2.58. The number of rotatable bonds is 1. The summed E-state index contributed by atoms with van der Waals surface area (Å²) in [5, 5.41) is 7.84. The Morgan fingerprint density at radius 3 is 2.60 bits per heavy atom. The Bertz CT molecular complexity index is 379. The van der Waals surface area contributed by atoms with Gasteiger partial charge in [0.2, 0.25) is 0 Å². The molecule has 1 heterocycles. The molecule has 1 aliphatic heterocycles. The van der Waals surface area contributed by atoms with Crippen molar-refractivity contribution in [1.29, 1.82) is 5.41 Å². The van der Waals surface area contributed by atoms with Gasteiger partial charge in [-0.25, -0.2) is 0 Å². The van der Waals surface area contributed by atoms with Crippen LogP contribution in [0.2, 0.25) is 0 Å². The number of aliphatic imine (C=N–C) groups is 1. The molecule has 0 atom stereocenters. The smallest absolute Gasteiger partial charge is 0.0798 e. The number of nitrogens with zero attached hydrogens (tertiary/aromatic N) is 1. The SMILES string of the molecule is CC(C)(C)C1=CN=CC(=N)/C1=C\C=C/I. The molecule has 0 aliphatic carbocycles. The minimum absolute atomic E-state index is 0.0228. The molecule has 15 heavy (non-hydrogen) atoms. The highest BCUT2D eigenvalue weighted by molar-refractivity contribution is 14.1. The fourth-order valence-electron chi connectivity index (χ4n) is 1.38. The zero-order valence-electron chi connectivity index (χ0n) is 9.21. The van der Waals surface area contributed by atoms with E-state index >= 15 is 0 Å². The predicted molar refractivity (Wildman–Crippen MR) is 75.0 cm³/mol. The molecule has 0 unspecified atom stereocenters. The number of allylic oxidation sites excluding steroid dienone is 4. The van der Waals surface area contributed by atoms with Crippen molar-refractivity contribution in [2.75, 3.05) is 0 Å². The highest BCUT2D eigenvalue weighted by Crippen LogP contribution is 2.33. The Balaban J connectivity index is 3.17. The fourth-order valence-corrected chi connectivity index (χ4v) is 1.59. The molecule has 1 N–H and O–H groups in total. The van der Waals surface area contributed by atoms with Crippen LogP contribution < -0.4 is 0 Å². The van der Waals surface area contributed by atoms with Gasteiger partial charge < -0.3 is 0 Å². The molecule has 2 nitrogen and oxygen atoms in total. The monoisotopic (exact) mass is 314 g/mol. The second-order valence-electron chi connectivity index (χ2n) is 4.38. The molecule has 0 bridgehead atoms. The molecule has 0 aromatic heterocycles. The maximum Gasteiger partial charge on any atom is 0.0798 e. The molecule has 80 valence electrons. The standard InChI is InChI=1S/C12H15IN2/c1-12(2,3)10-7-15-8-11(14)9(10)5-4-6-13/h4-8,14H,1-3H3/b6-4-,9-5-,14-11?. The van der Waals surface area contributed by atoms with Gasteiger partial charge in [-0.05, 0) is 15.1 Å². The van der Waals surface area contributed by atoms with E-state index in [9.17, 15) is 0 Å². The Kier molecular flexibility index (Phi) is 4.02. The van der Waals surface area contributed by atoms with Crippen molar-refractivity contribution in [3.63, 3.8) is 0 Å². The summed E-state index contributed by atoms with van der Waals surface area (Å²) in [6, 6.07) is 0. The number of hydrogen-bond acceptors (Lipinski definition) is 2. The quantitative estimate of drug-likeness (QED) is 0.713. The predicted octanol–water partition coefficient (Wildman–Crippen LogP) is 3.90. The molecule has 0 saturated heterocycles. The van der Waals surface area contributed by atoms with Gasteiger partial charge in [-0.1, -0.05) is 55.5 Å². The molecular weight excluding hydrogens is 299 g/mol. The van der Waals surface area contributed by atoms with E-state index < -0.39 is 0 Å². The lowest BCUT2D eigenvalue weighted by atomic mass is 9.80. The maximum absolute atomic E-state index is 7.84. The molecule has 0 amide bonds. The largest absolute Gasteiger partial charge is 0.299 e. The van der Waals surface area contributed by atoms with Crippen LogP contribution in [-0.4, -0.2) is 11.9 Å². The van der Waals surface area contributed by atoms with Crippen LogP contribution >= 0.6 is 22.6 Å². The zero-order chi connectivity index (χ0) is 11.5. The average molecular weight is 314 g/mol. The van der Waals surface area contributed by atoms with Gasteiger partial charge in [-0.3, -0.25) is 10.4 Å². The molecular formula is C12H15IN2. The van der Waals surface area contributed by atoms with E-state index in [1.807, 2.05) is 22.4 Å². The van der Waals surface area contributed by atoms with E-state index in [4.69, 9.17) is 5.41 Å². The second kappa shape index (κ2) is 4.88. The maximum atomic E-state index is 7.84.